The maximum Gasteiger partial charge on any atom is 0.225 e. The van der Waals surface area contributed by atoms with Crippen molar-refractivity contribution in [1.29, 1.82) is 0 Å². The van der Waals surface area contributed by atoms with Crippen molar-refractivity contribution >= 4 is 33.7 Å². The van der Waals surface area contributed by atoms with Crippen LogP contribution >= 0.6 is 0 Å². The number of H-pyrrole nitrogens is 2. The highest BCUT2D eigenvalue weighted by molar-refractivity contribution is 5.95. The number of anilines is 1. The Morgan fingerprint density at radius 3 is 2.72 bits per heavy atom. The lowest BCUT2D eigenvalue weighted by atomic mass is 9.95. The summed E-state index contributed by atoms with van der Waals surface area (Å²) in [6.45, 7) is 4.89. The van der Waals surface area contributed by atoms with Crippen molar-refractivity contribution in [2.45, 2.75) is 19.3 Å². The van der Waals surface area contributed by atoms with E-state index in [1.54, 1.807) is 24.8 Å². The highest BCUT2D eigenvalue weighted by Crippen LogP contribution is 2.32. The first-order valence-electron chi connectivity index (χ1n) is 11.9. The number of rotatable bonds is 6. The van der Waals surface area contributed by atoms with Crippen LogP contribution in [-0.4, -0.2) is 67.3 Å². The lowest BCUT2D eigenvalue weighted by Crippen LogP contribution is -2.36. The average Bonchev–Trinajstić information content (AvgIpc) is 3.53. The molecule has 1 unspecified atom stereocenters. The molecule has 1 atom stereocenters. The summed E-state index contributed by atoms with van der Waals surface area (Å²) in [5.74, 6) is -0.0953. The van der Waals surface area contributed by atoms with Crippen LogP contribution in [-0.2, 0) is 9.53 Å². The van der Waals surface area contributed by atoms with E-state index < -0.39 is 0 Å². The van der Waals surface area contributed by atoms with Gasteiger partial charge < -0.3 is 20.4 Å². The zero-order valence-electron chi connectivity index (χ0n) is 19.7. The van der Waals surface area contributed by atoms with Gasteiger partial charge in [0.25, 0.3) is 0 Å². The van der Waals surface area contributed by atoms with E-state index in [4.69, 9.17) is 15.5 Å². The molecule has 11 heteroatoms. The van der Waals surface area contributed by atoms with Crippen LogP contribution in [0.4, 0.5) is 5.69 Å². The Bertz CT molecular complexity index is 1570. The Kier molecular flexibility index (Phi) is 5.53. The quantitative estimate of drug-likeness (QED) is 0.333. The van der Waals surface area contributed by atoms with Crippen LogP contribution in [0.25, 0.3) is 44.7 Å². The van der Waals surface area contributed by atoms with Crippen LogP contribution in [0.1, 0.15) is 24.8 Å². The number of hydrogen-bond donors (Lipinski definition) is 3. The lowest BCUT2D eigenvalue weighted by Gasteiger charge is -2.28. The minimum Gasteiger partial charge on any atom is -0.378 e. The highest BCUT2D eigenvalue weighted by Gasteiger charge is 2.20. The monoisotopic (exact) mass is 483 g/mol. The van der Waals surface area contributed by atoms with Gasteiger partial charge in [0.2, 0.25) is 5.91 Å². The molecule has 1 amide bonds. The number of ether oxygens (including phenoxy) is 1. The summed E-state index contributed by atoms with van der Waals surface area (Å²) in [6.07, 6.45) is 9.42. The smallest absolute Gasteiger partial charge is 0.225 e. The van der Waals surface area contributed by atoms with Crippen molar-refractivity contribution in [1.82, 2.24) is 35.1 Å². The van der Waals surface area contributed by atoms with Crippen molar-refractivity contribution in [3.05, 3.63) is 48.7 Å². The molecule has 182 valence electrons. The largest absolute Gasteiger partial charge is 0.378 e. The Hall–Kier alpha value is -4.38. The molecule has 4 N–H and O–H groups in total. The third-order valence-electron chi connectivity index (χ3n) is 6.62. The normalized spacial score (nSPS) is 15.0. The Morgan fingerprint density at radius 2 is 1.92 bits per heavy atom. The van der Waals surface area contributed by atoms with Crippen LogP contribution in [0.5, 0.6) is 0 Å². The third kappa shape index (κ3) is 3.83. The van der Waals surface area contributed by atoms with E-state index in [-0.39, 0.29) is 11.8 Å². The second kappa shape index (κ2) is 9.00. The number of carbonyl (C=O) groups is 1. The minimum absolute atomic E-state index is 0.363. The summed E-state index contributed by atoms with van der Waals surface area (Å²) in [6, 6.07) is 3.94. The number of primary amides is 1. The molecule has 0 radical (unpaired) electrons. The number of aromatic nitrogens is 7. The van der Waals surface area contributed by atoms with Crippen LogP contribution in [0.2, 0.25) is 0 Å². The molecule has 11 nitrogen and oxygen atoms in total. The standard InChI is InChI=1S/C25H25N9O2/c1-2-17(23(26)35)16-7-14(9-27-10-16)15-8-18-21(32-33-24(18)29-11-15)25-30-19-12-28-13-20(22(19)31-25)34-3-5-36-6-4-34/h7-13,17H,2-6H2,1H3,(H2,26,35)(H,30,31)(H,29,32,33). The van der Waals surface area contributed by atoms with Gasteiger partial charge in [0, 0.05) is 42.8 Å². The van der Waals surface area contributed by atoms with E-state index in [1.165, 1.54) is 0 Å². The van der Waals surface area contributed by atoms with Crippen LogP contribution in [0, 0.1) is 0 Å². The van der Waals surface area contributed by atoms with Gasteiger partial charge in [-0.05, 0) is 24.1 Å². The summed E-state index contributed by atoms with van der Waals surface area (Å²) in [7, 11) is 0. The first-order valence-corrected chi connectivity index (χ1v) is 11.9. The fraction of sp³-hybridized carbons (Fsp3) is 0.280. The molecule has 0 saturated carbocycles. The van der Waals surface area contributed by atoms with Gasteiger partial charge in [-0.25, -0.2) is 9.97 Å². The molecule has 1 fully saturated rings. The predicted molar refractivity (Wildman–Crippen MR) is 135 cm³/mol. The molecule has 5 aromatic rings. The molecule has 0 bridgehead atoms. The molecule has 0 aliphatic carbocycles. The average molecular weight is 484 g/mol. The van der Waals surface area contributed by atoms with E-state index in [0.717, 1.165) is 57.6 Å². The number of morpholine rings is 1. The van der Waals surface area contributed by atoms with Gasteiger partial charge in [0.15, 0.2) is 11.5 Å². The first kappa shape index (κ1) is 22.1. The minimum atomic E-state index is -0.386. The molecule has 5 aromatic heterocycles. The second-order valence-corrected chi connectivity index (χ2v) is 8.80. The van der Waals surface area contributed by atoms with E-state index in [2.05, 4.69) is 35.0 Å². The Labute approximate surface area is 206 Å². The van der Waals surface area contributed by atoms with Gasteiger partial charge in [-0.3, -0.25) is 19.9 Å². The molecule has 1 aliphatic heterocycles. The zero-order chi connectivity index (χ0) is 24.6. The summed E-state index contributed by atoms with van der Waals surface area (Å²) < 4.78 is 5.49. The van der Waals surface area contributed by atoms with Crippen molar-refractivity contribution in [2.75, 3.05) is 31.2 Å². The molecule has 6 heterocycles. The van der Waals surface area contributed by atoms with E-state index in [0.29, 0.717) is 31.1 Å². The maximum atomic E-state index is 11.9. The van der Waals surface area contributed by atoms with Crippen molar-refractivity contribution in [3.63, 3.8) is 0 Å². The fourth-order valence-electron chi connectivity index (χ4n) is 4.72. The first-order chi connectivity index (χ1) is 17.6. The summed E-state index contributed by atoms with van der Waals surface area (Å²) in [4.78, 5) is 35.7. The number of imidazole rings is 1. The fourth-order valence-corrected chi connectivity index (χ4v) is 4.72. The Morgan fingerprint density at radius 1 is 1.11 bits per heavy atom. The zero-order valence-corrected chi connectivity index (χ0v) is 19.7. The van der Waals surface area contributed by atoms with Crippen LogP contribution in [0.15, 0.2) is 43.1 Å². The lowest BCUT2D eigenvalue weighted by molar-refractivity contribution is -0.119. The SMILES string of the molecule is CCC(C(N)=O)c1cncc(-c2cnc3n[nH]c(-c4nc5c(N6CCOCC6)cncc5[nH]4)c3c2)c1. The second-order valence-electron chi connectivity index (χ2n) is 8.80. The van der Waals surface area contributed by atoms with Crippen LogP contribution < -0.4 is 10.6 Å². The van der Waals surface area contributed by atoms with Gasteiger partial charge in [0.05, 0.1) is 48.1 Å². The molecule has 6 rings (SSSR count). The van der Waals surface area contributed by atoms with Gasteiger partial charge in [-0.1, -0.05) is 6.92 Å². The number of carbonyl (C=O) groups excluding carboxylic acids is 1. The number of nitrogens with zero attached hydrogens (tertiary/aromatic N) is 6. The number of nitrogens with one attached hydrogen (secondary N) is 2. The number of aromatic amines is 2. The van der Waals surface area contributed by atoms with Crippen molar-refractivity contribution in [2.24, 2.45) is 5.73 Å². The van der Waals surface area contributed by atoms with E-state index >= 15 is 0 Å². The third-order valence-corrected chi connectivity index (χ3v) is 6.62. The van der Waals surface area contributed by atoms with Crippen molar-refractivity contribution in [3.8, 4) is 22.6 Å². The van der Waals surface area contributed by atoms with E-state index in [1.807, 2.05) is 25.3 Å². The van der Waals surface area contributed by atoms with Crippen molar-refractivity contribution < 1.29 is 9.53 Å². The summed E-state index contributed by atoms with van der Waals surface area (Å²) >= 11 is 0. The number of amides is 1. The predicted octanol–water partition coefficient (Wildman–Crippen LogP) is 2.77. The number of nitrogens with two attached hydrogens (primary N) is 1. The molecule has 1 saturated heterocycles. The topological polar surface area (TPSA) is 152 Å². The summed E-state index contributed by atoms with van der Waals surface area (Å²) in [5.41, 5.74) is 12.0. The van der Waals surface area contributed by atoms with Gasteiger partial charge in [-0.2, -0.15) is 5.10 Å². The van der Waals surface area contributed by atoms with Crippen LogP contribution in [0.3, 0.4) is 0 Å². The number of hydrogen-bond acceptors (Lipinski definition) is 8. The number of fused-ring (bicyclic) bond motifs is 2. The van der Waals surface area contributed by atoms with Gasteiger partial charge in [0.1, 0.15) is 11.2 Å². The molecule has 0 spiro atoms. The maximum absolute atomic E-state index is 11.9. The highest BCUT2D eigenvalue weighted by atomic mass is 16.5. The summed E-state index contributed by atoms with van der Waals surface area (Å²) in [5, 5.41) is 8.28. The molecule has 0 aromatic carbocycles. The van der Waals surface area contributed by atoms with Gasteiger partial charge in [-0.15, -0.1) is 0 Å². The molecular formula is C25H25N9O2. The van der Waals surface area contributed by atoms with Gasteiger partial charge >= 0.3 is 0 Å². The molecule has 36 heavy (non-hydrogen) atoms. The molecular weight excluding hydrogens is 458 g/mol. The molecule has 1 aliphatic rings. The van der Waals surface area contributed by atoms with E-state index in [9.17, 15) is 4.79 Å². The number of pyridine rings is 3. The Balaban J connectivity index is 1.41.